The van der Waals surface area contributed by atoms with E-state index >= 15 is 0 Å². The maximum Gasteiger partial charge on any atom is 0.270 e. The van der Waals surface area contributed by atoms with Gasteiger partial charge in [0.15, 0.2) is 5.82 Å². The van der Waals surface area contributed by atoms with Gasteiger partial charge >= 0.3 is 0 Å². The highest BCUT2D eigenvalue weighted by Crippen LogP contribution is 2.28. The molecule has 0 radical (unpaired) electrons. The average Bonchev–Trinajstić information content (AvgIpc) is 2.82. The van der Waals surface area contributed by atoms with Crippen LogP contribution in [0.5, 0.6) is 0 Å². The second kappa shape index (κ2) is 5.20. The third kappa shape index (κ3) is 2.65. The van der Waals surface area contributed by atoms with Crippen molar-refractivity contribution in [3.8, 4) is 11.4 Å². The minimum atomic E-state index is -0.427. The summed E-state index contributed by atoms with van der Waals surface area (Å²) in [7, 11) is 0. The molecule has 0 aliphatic carbocycles. The lowest BCUT2D eigenvalue weighted by molar-refractivity contribution is -0.384. The van der Waals surface area contributed by atoms with E-state index in [0.717, 1.165) is 0 Å². The van der Waals surface area contributed by atoms with Gasteiger partial charge in [-0.15, -0.1) is 21.8 Å². The van der Waals surface area contributed by atoms with Crippen LogP contribution in [0, 0.1) is 10.1 Å². The molecule has 0 saturated carbocycles. The summed E-state index contributed by atoms with van der Waals surface area (Å²) in [4.78, 5) is 10.4. The fraction of sp³-hybridized carbons (Fsp3) is 0.385. The number of halogens is 1. The molecule has 20 heavy (non-hydrogen) atoms. The molecular formula is C13H15ClN4O2. The topological polar surface area (TPSA) is 73.8 Å². The highest BCUT2D eigenvalue weighted by Gasteiger charge is 2.24. The maximum absolute atomic E-state index is 10.9. The van der Waals surface area contributed by atoms with Crippen LogP contribution < -0.4 is 0 Å². The third-order valence-electron chi connectivity index (χ3n) is 2.84. The van der Waals surface area contributed by atoms with Crippen LogP contribution in [0.15, 0.2) is 24.3 Å². The van der Waals surface area contributed by atoms with Crippen LogP contribution in [0.4, 0.5) is 5.69 Å². The largest absolute Gasteiger partial charge is 0.305 e. The SMILES string of the molecule is CC(C)(C)n1c(CCl)nnc1-c1cccc([N+](=O)[O-])c1. The Balaban J connectivity index is 2.61. The van der Waals surface area contributed by atoms with E-state index in [-0.39, 0.29) is 17.1 Å². The molecule has 0 N–H and O–H groups in total. The normalized spacial score (nSPS) is 11.6. The lowest BCUT2D eigenvalue weighted by Gasteiger charge is -2.24. The van der Waals surface area contributed by atoms with Gasteiger partial charge in [0.2, 0.25) is 0 Å². The number of nitro groups is 1. The van der Waals surface area contributed by atoms with E-state index in [1.165, 1.54) is 12.1 Å². The quantitative estimate of drug-likeness (QED) is 0.494. The van der Waals surface area contributed by atoms with Crippen molar-refractivity contribution in [1.29, 1.82) is 0 Å². The number of benzene rings is 1. The summed E-state index contributed by atoms with van der Waals surface area (Å²) in [6.45, 7) is 6.02. The summed E-state index contributed by atoms with van der Waals surface area (Å²) in [5, 5.41) is 19.1. The van der Waals surface area contributed by atoms with Gasteiger partial charge in [-0.2, -0.15) is 0 Å². The Labute approximate surface area is 121 Å². The molecule has 0 aliphatic heterocycles. The monoisotopic (exact) mass is 294 g/mol. The molecule has 106 valence electrons. The highest BCUT2D eigenvalue weighted by molar-refractivity contribution is 6.16. The summed E-state index contributed by atoms with van der Waals surface area (Å²) < 4.78 is 1.90. The first kappa shape index (κ1) is 14.5. The number of rotatable bonds is 3. The molecule has 1 aromatic heterocycles. The van der Waals surface area contributed by atoms with Crippen LogP contribution in [-0.2, 0) is 11.4 Å². The summed E-state index contributed by atoms with van der Waals surface area (Å²) >= 11 is 5.89. The molecule has 2 rings (SSSR count). The van der Waals surface area contributed by atoms with Crippen molar-refractivity contribution in [2.75, 3.05) is 0 Å². The average molecular weight is 295 g/mol. The lowest BCUT2D eigenvalue weighted by atomic mass is 10.1. The molecule has 6 nitrogen and oxygen atoms in total. The van der Waals surface area contributed by atoms with Gasteiger partial charge in [-0.1, -0.05) is 12.1 Å². The second-order valence-electron chi connectivity index (χ2n) is 5.39. The standard InChI is InChI=1S/C13H15ClN4O2/c1-13(2,3)17-11(8-14)15-16-12(17)9-5-4-6-10(7-9)18(19)20/h4-7H,8H2,1-3H3. The molecular weight excluding hydrogens is 280 g/mol. The van der Waals surface area contributed by atoms with E-state index in [9.17, 15) is 10.1 Å². The predicted molar refractivity (Wildman–Crippen MR) is 76.7 cm³/mol. The van der Waals surface area contributed by atoms with Crippen LogP contribution in [0.25, 0.3) is 11.4 Å². The van der Waals surface area contributed by atoms with Crippen molar-refractivity contribution >= 4 is 17.3 Å². The Morgan fingerprint density at radius 1 is 1.35 bits per heavy atom. The minimum Gasteiger partial charge on any atom is -0.305 e. The van der Waals surface area contributed by atoms with Gasteiger partial charge in [-0.05, 0) is 20.8 Å². The van der Waals surface area contributed by atoms with Gasteiger partial charge < -0.3 is 4.57 Å². The van der Waals surface area contributed by atoms with E-state index in [1.807, 2.05) is 25.3 Å². The smallest absolute Gasteiger partial charge is 0.270 e. The zero-order chi connectivity index (χ0) is 14.9. The summed E-state index contributed by atoms with van der Waals surface area (Å²) in [6, 6.07) is 6.35. The van der Waals surface area contributed by atoms with Gasteiger partial charge in [0.25, 0.3) is 5.69 Å². The fourth-order valence-corrected chi connectivity index (χ4v) is 2.23. The van der Waals surface area contributed by atoms with Crippen molar-refractivity contribution < 1.29 is 4.92 Å². The van der Waals surface area contributed by atoms with Crippen LogP contribution in [0.1, 0.15) is 26.6 Å². The molecule has 7 heteroatoms. The third-order valence-corrected chi connectivity index (χ3v) is 3.07. The molecule has 0 amide bonds. The Morgan fingerprint density at radius 3 is 2.60 bits per heavy atom. The molecule has 0 unspecified atom stereocenters. The number of hydrogen-bond acceptors (Lipinski definition) is 4. The van der Waals surface area contributed by atoms with Gasteiger partial charge in [0, 0.05) is 23.2 Å². The minimum absolute atomic E-state index is 0.0263. The number of aromatic nitrogens is 3. The van der Waals surface area contributed by atoms with E-state index in [2.05, 4.69) is 10.2 Å². The Hall–Kier alpha value is -1.95. The first-order valence-corrected chi connectivity index (χ1v) is 6.63. The second-order valence-corrected chi connectivity index (χ2v) is 5.65. The Morgan fingerprint density at radius 2 is 2.05 bits per heavy atom. The molecule has 0 spiro atoms. The first-order valence-electron chi connectivity index (χ1n) is 6.10. The lowest BCUT2D eigenvalue weighted by Crippen LogP contribution is -2.24. The molecule has 1 aromatic carbocycles. The summed E-state index contributed by atoms with van der Waals surface area (Å²) in [6.07, 6.45) is 0. The van der Waals surface area contributed by atoms with Crippen molar-refractivity contribution in [2.24, 2.45) is 0 Å². The number of nitro benzene ring substituents is 1. The number of hydrogen-bond donors (Lipinski definition) is 0. The van der Waals surface area contributed by atoms with Crippen LogP contribution >= 0.6 is 11.6 Å². The molecule has 1 heterocycles. The zero-order valence-corrected chi connectivity index (χ0v) is 12.3. The van der Waals surface area contributed by atoms with Crippen molar-refractivity contribution in [1.82, 2.24) is 14.8 Å². The highest BCUT2D eigenvalue weighted by atomic mass is 35.5. The summed E-state index contributed by atoms with van der Waals surface area (Å²) in [5.41, 5.74) is 0.407. The molecule has 2 aromatic rings. The predicted octanol–water partition coefficient (Wildman–Crippen LogP) is 3.35. The van der Waals surface area contributed by atoms with Crippen LogP contribution in [-0.4, -0.2) is 19.7 Å². The number of non-ortho nitro benzene ring substituents is 1. The van der Waals surface area contributed by atoms with E-state index in [4.69, 9.17) is 11.6 Å². The van der Waals surface area contributed by atoms with Gasteiger partial charge in [-0.25, -0.2) is 0 Å². The first-order chi connectivity index (χ1) is 9.34. The maximum atomic E-state index is 10.9. The molecule has 0 fully saturated rings. The molecule has 0 atom stereocenters. The molecule has 0 bridgehead atoms. The number of alkyl halides is 1. The Bertz CT molecular complexity index is 646. The van der Waals surface area contributed by atoms with Crippen LogP contribution in [0.3, 0.4) is 0 Å². The van der Waals surface area contributed by atoms with Gasteiger partial charge in [0.1, 0.15) is 5.82 Å². The van der Waals surface area contributed by atoms with Crippen molar-refractivity contribution in [2.45, 2.75) is 32.2 Å². The molecule has 0 aliphatic rings. The van der Waals surface area contributed by atoms with E-state index in [1.54, 1.807) is 12.1 Å². The molecule has 0 saturated heterocycles. The fourth-order valence-electron chi connectivity index (χ4n) is 2.05. The van der Waals surface area contributed by atoms with E-state index < -0.39 is 4.92 Å². The van der Waals surface area contributed by atoms with E-state index in [0.29, 0.717) is 17.2 Å². The Kier molecular flexibility index (Phi) is 3.76. The number of nitrogens with zero attached hydrogens (tertiary/aromatic N) is 4. The zero-order valence-electron chi connectivity index (χ0n) is 11.5. The van der Waals surface area contributed by atoms with Gasteiger partial charge in [0.05, 0.1) is 10.8 Å². The van der Waals surface area contributed by atoms with Gasteiger partial charge in [-0.3, -0.25) is 10.1 Å². The van der Waals surface area contributed by atoms with Crippen molar-refractivity contribution in [3.63, 3.8) is 0 Å². The van der Waals surface area contributed by atoms with Crippen molar-refractivity contribution in [3.05, 3.63) is 40.2 Å². The summed E-state index contributed by atoms with van der Waals surface area (Å²) in [5.74, 6) is 1.46. The van der Waals surface area contributed by atoms with Crippen LogP contribution in [0.2, 0.25) is 0 Å².